The first-order chi connectivity index (χ1) is 12.6. The Kier molecular flexibility index (Phi) is 6.41. The van der Waals surface area contributed by atoms with E-state index in [1.54, 1.807) is 12.1 Å². The van der Waals surface area contributed by atoms with Gasteiger partial charge in [-0.05, 0) is 43.6 Å². The summed E-state index contributed by atoms with van der Waals surface area (Å²) in [7, 11) is 0. The van der Waals surface area contributed by atoms with Crippen molar-refractivity contribution in [1.82, 2.24) is 19.6 Å². The predicted molar refractivity (Wildman–Crippen MR) is 101 cm³/mol. The molecule has 1 aromatic heterocycles. The van der Waals surface area contributed by atoms with Gasteiger partial charge in [0.2, 0.25) is 0 Å². The molecular weight excluding hydrogens is 328 g/mol. The summed E-state index contributed by atoms with van der Waals surface area (Å²) >= 11 is 0. The zero-order chi connectivity index (χ0) is 18.4. The summed E-state index contributed by atoms with van der Waals surface area (Å²) in [6, 6.07) is 7.27. The number of carbonyl (C=O) groups is 1. The van der Waals surface area contributed by atoms with E-state index in [0.717, 1.165) is 64.2 Å². The van der Waals surface area contributed by atoms with Gasteiger partial charge in [-0.1, -0.05) is 19.1 Å². The van der Waals surface area contributed by atoms with E-state index in [9.17, 15) is 4.79 Å². The molecule has 1 saturated heterocycles. The van der Waals surface area contributed by atoms with Gasteiger partial charge in [0.1, 0.15) is 0 Å². The fourth-order valence-corrected chi connectivity index (χ4v) is 3.50. The van der Waals surface area contributed by atoms with Gasteiger partial charge in [0.15, 0.2) is 0 Å². The molecule has 26 heavy (non-hydrogen) atoms. The topological polar surface area (TPSA) is 61.6 Å². The third-order valence-corrected chi connectivity index (χ3v) is 4.81. The Morgan fingerprint density at radius 1 is 1.12 bits per heavy atom. The van der Waals surface area contributed by atoms with Gasteiger partial charge in [-0.25, -0.2) is 4.79 Å². The van der Waals surface area contributed by atoms with E-state index < -0.39 is 5.97 Å². The SMILES string of the molecule is CCCn1cc(CN2CCCN(Cc3cccc(C(=O)O)c3)CC2)cn1. The quantitative estimate of drug-likeness (QED) is 0.826. The summed E-state index contributed by atoms with van der Waals surface area (Å²) in [5.41, 5.74) is 2.71. The average Bonchev–Trinajstić information content (AvgIpc) is 2.94. The number of hydrogen-bond acceptors (Lipinski definition) is 4. The van der Waals surface area contributed by atoms with Gasteiger partial charge < -0.3 is 5.11 Å². The number of benzene rings is 1. The van der Waals surface area contributed by atoms with Crippen LogP contribution in [0.3, 0.4) is 0 Å². The smallest absolute Gasteiger partial charge is 0.335 e. The molecule has 1 aliphatic rings. The molecule has 0 saturated carbocycles. The molecule has 2 aromatic rings. The third kappa shape index (κ3) is 5.16. The summed E-state index contributed by atoms with van der Waals surface area (Å²) in [6.45, 7) is 9.06. The Morgan fingerprint density at radius 2 is 1.85 bits per heavy atom. The van der Waals surface area contributed by atoms with Crippen LogP contribution in [-0.2, 0) is 19.6 Å². The highest BCUT2D eigenvalue weighted by Gasteiger charge is 2.16. The maximum Gasteiger partial charge on any atom is 0.335 e. The molecule has 0 unspecified atom stereocenters. The second-order valence-corrected chi connectivity index (χ2v) is 7.02. The van der Waals surface area contributed by atoms with Crippen LogP contribution in [0.15, 0.2) is 36.7 Å². The zero-order valence-electron chi connectivity index (χ0n) is 15.5. The molecule has 2 heterocycles. The molecular formula is C20H28N4O2. The van der Waals surface area contributed by atoms with Crippen LogP contribution in [0.2, 0.25) is 0 Å². The number of hydrogen-bond donors (Lipinski definition) is 1. The highest BCUT2D eigenvalue weighted by atomic mass is 16.4. The van der Waals surface area contributed by atoms with Crippen LogP contribution in [0.5, 0.6) is 0 Å². The highest BCUT2D eigenvalue weighted by molar-refractivity contribution is 5.87. The predicted octanol–water partition coefficient (Wildman–Crippen LogP) is 2.70. The van der Waals surface area contributed by atoms with E-state index in [2.05, 4.69) is 28.0 Å². The van der Waals surface area contributed by atoms with Crippen molar-refractivity contribution < 1.29 is 9.90 Å². The first kappa shape index (κ1) is 18.6. The maximum atomic E-state index is 11.1. The van der Waals surface area contributed by atoms with Gasteiger partial charge in [-0.15, -0.1) is 0 Å². The maximum absolute atomic E-state index is 11.1. The summed E-state index contributed by atoms with van der Waals surface area (Å²) in [5.74, 6) is -0.863. The third-order valence-electron chi connectivity index (χ3n) is 4.81. The minimum atomic E-state index is -0.863. The van der Waals surface area contributed by atoms with Crippen LogP contribution in [0, 0.1) is 0 Å². The average molecular weight is 356 g/mol. The van der Waals surface area contributed by atoms with E-state index in [-0.39, 0.29) is 0 Å². The van der Waals surface area contributed by atoms with Gasteiger partial charge in [-0.3, -0.25) is 14.5 Å². The van der Waals surface area contributed by atoms with E-state index in [0.29, 0.717) is 5.56 Å². The van der Waals surface area contributed by atoms with E-state index in [1.165, 1.54) is 5.56 Å². The van der Waals surface area contributed by atoms with Crippen molar-refractivity contribution in [2.45, 2.75) is 39.4 Å². The zero-order valence-corrected chi connectivity index (χ0v) is 15.5. The number of rotatable bonds is 7. The molecule has 3 rings (SSSR count). The minimum absolute atomic E-state index is 0.364. The van der Waals surface area contributed by atoms with Crippen molar-refractivity contribution in [3.8, 4) is 0 Å². The summed E-state index contributed by atoms with van der Waals surface area (Å²) in [5, 5.41) is 13.6. The van der Waals surface area contributed by atoms with E-state index in [4.69, 9.17) is 5.11 Å². The van der Waals surface area contributed by atoms with Gasteiger partial charge >= 0.3 is 5.97 Å². The minimum Gasteiger partial charge on any atom is -0.478 e. The molecule has 1 N–H and O–H groups in total. The molecule has 0 atom stereocenters. The largest absolute Gasteiger partial charge is 0.478 e. The molecule has 0 spiro atoms. The van der Waals surface area contributed by atoms with Crippen LogP contribution in [-0.4, -0.2) is 56.8 Å². The molecule has 0 bridgehead atoms. The van der Waals surface area contributed by atoms with Gasteiger partial charge in [0.05, 0.1) is 11.8 Å². The van der Waals surface area contributed by atoms with Crippen molar-refractivity contribution in [3.63, 3.8) is 0 Å². The summed E-state index contributed by atoms with van der Waals surface area (Å²) in [6.07, 6.45) is 6.36. The molecule has 0 amide bonds. The molecule has 0 radical (unpaired) electrons. The summed E-state index contributed by atoms with van der Waals surface area (Å²) in [4.78, 5) is 16.0. The van der Waals surface area contributed by atoms with Gasteiger partial charge in [0.25, 0.3) is 0 Å². The number of nitrogens with zero attached hydrogens (tertiary/aromatic N) is 4. The monoisotopic (exact) mass is 356 g/mol. The lowest BCUT2D eigenvalue weighted by atomic mass is 10.1. The molecule has 1 aromatic carbocycles. The fraction of sp³-hybridized carbons (Fsp3) is 0.500. The van der Waals surface area contributed by atoms with Crippen LogP contribution >= 0.6 is 0 Å². The fourth-order valence-electron chi connectivity index (χ4n) is 3.50. The second-order valence-electron chi connectivity index (χ2n) is 7.02. The Labute approximate surface area is 155 Å². The number of carboxylic acids is 1. The first-order valence-corrected chi connectivity index (χ1v) is 9.42. The Hall–Kier alpha value is -2.18. The van der Waals surface area contributed by atoms with Crippen LogP contribution < -0.4 is 0 Å². The van der Waals surface area contributed by atoms with Gasteiger partial charge in [0, 0.05) is 44.5 Å². The molecule has 0 aliphatic carbocycles. The van der Waals surface area contributed by atoms with Crippen molar-refractivity contribution in [2.24, 2.45) is 0 Å². The molecule has 1 aliphatic heterocycles. The lowest BCUT2D eigenvalue weighted by Gasteiger charge is -2.21. The van der Waals surface area contributed by atoms with Gasteiger partial charge in [-0.2, -0.15) is 5.10 Å². The van der Waals surface area contributed by atoms with Crippen molar-refractivity contribution in [1.29, 1.82) is 0 Å². The Bertz CT molecular complexity index is 728. The Morgan fingerprint density at radius 3 is 2.54 bits per heavy atom. The molecule has 6 heteroatoms. The van der Waals surface area contributed by atoms with E-state index in [1.807, 2.05) is 23.0 Å². The first-order valence-electron chi connectivity index (χ1n) is 9.42. The van der Waals surface area contributed by atoms with Crippen molar-refractivity contribution in [3.05, 3.63) is 53.3 Å². The lowest BCUT2D eigenvalue weighted by Crippen LogP contribution is -2.30. The molecule has 6 nitrogen and oxygen atoms in total. The Balaban J connectivity index is 1.52. The number of aromatic nitrogens is 2. The normalized spacial score (nSPS) is 16.5. The molecule has 1 fully saturated rings. The number of carboxylic acid groups (broad SMARTS) is 1. The number of aromatic carboxylic acids is 1. The van der Waals surface area contributed by atoms with E-state index >= 15 is 0 Å². The van der Waals surface area contributed by atoms with Crippen molar-refractivity contribution >= 4 is 5.97 Å². The van der Waals surface area contributed by atoms with Crippen LogP contribution in [0.4, 0.5) is 0 Å². The molecule has 140 valence electrons. The summed E-state index contributed by atoms with van der Waals surface area (Å²) < 4.78 is 2.02. The lowest BCUT2D eigenvalue weighted by molar-refractivity contribution is 0.0696. The highest BCUT2D eigenvalue weighted by Crippen LogP contribution is 2.13. The number of aryl methyl sites for hydroxylation is 1. The second kappa shape index (κ2) is 8.96. The van der Waals surface area contributed by atoms with Crippen LogP contribution in [0.1, 0.15) is 41.3 Å². The standard InChI is InChI=1S/C20H28N4O2/c1-2-7-24-16-18(13-21-24)15-23-9-4-8-22(10-11-23)14-17-5-3-6-19(12-17)20(25)26/h3,5-6,12-13,16H,2,4,7-11,14-15H2,1H3,(H,25,26). The van der Waals surface area contributed by atoms with Crippen molar-refractivity contribution in [2.75, 3.05) is 26.2 Å². The van der Waals surface area contributed by atoms with Crippen LogP contribution in [0.25, 0.3) is 0 Å².